The zero-order chi connectivity index (χ0) is 54.0. The van der Waals surface area contributed by atoms with E-state index in [1.165, 1.54) is 57.9 Å². The van der Waals surface area contributed by atoms with Crippen molar-refractivity contribution in [2.24, 2.45) is 4.99 Å². The molecular formula is C75H53N5S. The van der Waals surface area contributed by atoms with Gasteiger partial charge in [-0.1, -0.05) is 201 Å². The number of fused-ring (bicyclic) bond motifs is 10. The van der Waals surface area contributed by atoms with Gasteiger partial charge >= 0.3 is 0 Å². The van der Waals surface area contributed by atoms with E-state index in [2.05, 4.69) is 284 Å². The first-order valence-corrected chi connectivity index (χ1v) is 28.7. The molecule has 0 atom stereocenters. The van der Waals surface area contributed by atoms with Crippen molar-refractivity contribution in [2.75, 3.05) is 0 Å². The molecule has 0 aliphatic carbocycles. The molecule has 81 heavy (non-hydrogen) atoms. The number of unbranched alkanes of at least 4 members (excludes halogenated alkanes) is 1. The number of rotatable bonds is 10. The molecule has 384 valence electrons. The predicted molar refractivity (Wildman–Crippen MR) is 344 cm³/mol. The monoisotopic (exact) mass is 1060 g/mol. The molecule has 0 aliphatic rings. The minimum atomic E-state index is 0.643. The minimum absolute atomic E-state index is 0.643. The molecule has 0 saturated heterocycles. The third-order valence-corrected chi connectivity index (χ3v) is 17.2. The van der Waals surface area contributed by atoms with Crippen LogP contribution in [0.1, 0.15) is 37.8 Å². The molecule has 11 aromatic carbocycles. The van der Waals surface area contributed by atoms with Crippen LogP contribution < -0.4 is 10.4 Å². The summed E-state index contributed by atoms with van der Waals surface area (Å²) in [4.78, 5) is 17.7. The molecule has 5 nitrogen and oxygen atoms in total. The lowest BCUT2D eigenvalue weighted by molar-refractivity contribution is 0.991. The molecule has 0 unspecified atom stereocenters. The summed E-state index contributed by atoms with van der Waals surface area (Å²) in [5.74, 6) is 0.643. The number of hydrogen-bond acceptors (Lipinski definition) is 4. The van der Waals surface area contributed by atoms with Gasteiger partial charge in [-0.15, -0.1) is 11.3 Å². The van der Waals surface area contributed by atoms with Gasteiger partial charge < -0.3 is 4.57 Å². The van der Waals surface area contributed by atoms with E-state index in [1.807, 2.05) is 11.3 Å². The van der Waals surface area contributed by atoms with Crippen LogP contribution in [-0.2, 0) is 0 Å². The zero-order valence-electron chi connectivity index (χ0n) is 44.9. The molecule has 4 heterocycles. The van der Waals surface area contributed by atoms with Crippen molar-refractivity contribution in [3.05, 3.63) is 276 Å². The Labute approximate surface area is 473 Å². The highest BCUT2D eigenvalue weighted by Gasteiger charge is 2.21. The van der Waals surface area contributed by atoms with Crippen molar-refractivity contribution in [3.8, 4) is 44.5 Å². The second-order valence-electron chi connectivity index (χ2n) is 21.0. The summed E-state index contributed by atoms with van der Waals surface area (Å²) in [6, 6.07) is 91.9. The Hall–Kier alpha value is -10.0. The molecule has 15 aromatic rings. The summed E-state index contributed by atoms with van der Waals surface area (Å²) in [6.07, 6.45) is 4.43. The summed E-state index contributed by atoms with van der Waals surface area (Å²) < 4.78 is 5.91. The van der Waals surface area contributed by atoms with E-state index in [1.54, 1.807) is 0 Å². The number of thiophene rings is 1. The maximum Gasteiger partial charge on any atom is 0.235 e. The molecular weight excluding hydrogens is 1000 g/mol. The smallest absolute Gasteiger partial charge is 0.235 e. The molecule has 0 saturated carbocycles. The van der Waals surface area contributed by atoms with Gasteiger partial charge in [0.1, 0.15) is 0 Å². The Balaban J connectivity index is 0.930. The van der Waals surface area contributed by atoms with Crippen LogP contribution in [-0.4, -0.2) is 24.8 Å². The van der Waals surface area contributed by atoms with Crippen molar-refractivity contribution >= 4 is 104 Å². The molecule has 0 spiro atoms. The van der Waals surface area contributed by atoms with Crippen molar-refractivity contribution in [2.45, 2.75) is 26.7 Å². The third kappa shape index (κ3) is 8.34. The molecule has 0 fully saturated rings. The van der Waals surface area contributed by atoms with Gasteiger partial charge in [0, 0.05) is 69.6 Å². The van der Waals surface area contributed by atoms with E-state index < -0.39 is 0 Å². The highest BCUT2D eigenvalue weighted by molar-refractivity contribution is 7.22. The largest absolute Gasteiger partial charge is 0.309 e. The predicted octanol–water partition coefficient (Wildman–Crippen LogP) is 18.4. The van der Waals surface area contributed by atoms with Crippen LogP contribution in [0.15, 0.2) is 260 Å². The number of hydrogen-bond donors (Lipinski definition) is 0. The van der Waals surface area contributed by atoms with Crippen LogP contribution in [0.4, 0.5) is 0 Å². The summed E-state index contributed by atoms with van der Waals surface area (Å²) in [7, 11) is 0. The third-order valence-electron chi connectivity index (χ3n) is 16.0. The van der Waals surface area contributed by atoms with Crippen molar-refractivity contribution in [1.82, 2.24) is 19.1 Å². The lowest BCUT2D eigenvalue weighted by atomic mass is 9.98. The maximum absolute atomic E-state index is 5.74. The first-order valence-electron chi connectivity index (χ1n) is 27.9. The zero-order valence-corrected chi connectivity index (χ0v) is 45.7. The van der Waals surface area contributed by atoms with E-state index >= 15 is 0 Å². The average Bonchev–Trinajstić information content (AvgIpc) is 4.22. The number of nitrogens with zero attached hydrogens (tertiary/aromatic N) is 5. The molecule has 0 bridgehead atoms. The minimum Gasteiger partial charge on any atom is -0.309 e. The Morgan fingerprint density at radius 1 is 0.469 bits per heavy atom. The fourth-order valence-corrected chi connectivity index (χ4v) is 13.2. The highest BCUT2D eigenvalue weighted by atomic mass is 32.1. The van der Waals surface area contributed by atoms with E-state index in [0.29, 0.717) is 5.95 Å². The molecule has 4 aromatic heterocycles. The normalized spacial score (nSPS) is 12.8. The Kier molecular flexibility index (Phi) is 11.9. The van der Waals surface area contributed by atoms with Gasteiger partial charge in [0.15, 0.2) is 0 Å². The quantitative estimate of drug-likeness (QED) is 0.128. The molecule has 0 radical (unpaired) electrons. The van der Waals surface area contributed by atoms with E-state index in [4.69, 9.17) is 15.0 Å². The summed E-state index contributed by atoms with van der Waals surface area (Å²) >= 11 is 1.84. The fraction of sp³-hybridized carbons (Fsp3) is 0.0533. The maximum atomic E-state index is 5.74. The van der Waals surface area contributed by atoms with Crippen LogP contribution in [0.5, 0.6) is 0 Å². The number of aliphatic imine (C=N–C) groups is 1. The van der Waals surface area contributed by atoms with Crippen molar-refractivity contribution < 1.29 is 0 Å². The second kappa shape index (κ2) is 20.0. The van der Waals surface area contributed by atoms with E-state index in [9.17, 15) is 0 Å². The van der Waals surface area contributed by atoms with Gasteiger partial charge in [-0.3, -0.25) is 9.56 Å². The molecule has 0 aliphatic heterocycles. The standard InChI is InChI=1S/C75H53N5S/c1-3-4-21-51-38-43-69-63(47-70(81-69)50-23-9-5-10-24-50)71(51)74(53-27-13-7-14-28-53)76-48(2)54-35-39-65-60(44-54)61-45-55(36-40-66(61)79(65)57-29-15-8-16-30-57)56-37-41-67-62(46-56)72-58-31-18-17-22-49(58)34-42-68(72)80(67)75-77-64-33-20-19-32-59(64)73(78-75)52-25-11-6-12-26-52/h5-47H,3-4H2,1-2H3/b51-21+,74-71+,76-48+. The van der Waals surface area contributed by atoms with Crippen molar-refractivity contribution in [1.29, 1.82) is 0 Å². The Morgan fingerprint density at radius 3 is 1.84 bits per heavy atom. The van der Waals surface area contributed by atoms with Gasteiger partial charge in [0.05, 0.1) is 39.0 Å². The van der Waals surface area contributed by atoms with Crippen LogP contribution in [0.3, 0.4) is 0 Å². The van der Waals surface area contributed by atoms with Crippen LogP contribution in [0.25, 0.3) is 132 Å². The van der Waals surface area contributed by atoms with E-state index in [-0.39, 0.29) is 0 Å². The topological polar surface area (TPSA) is 48.0 Å². The highest BCUT2D eigenvalue weighted by Crippen LogP contribution is 2.42. The second-order valence-corrected chi connectivity index (χ2v) is 22.0. The van der Waals surface area contributed by atoms with E-state index in [0.717, 1.165) is 102 Å². The average molecular weight is 1060 g/mol. The van der Waals surface area contributed by atoms with Gasteiger partial charge in [-0.25, -0.2) is 9.97 Å². The first kappa shape index (κ1) is 48.1. The lowest BCUT2D eigenvalue weighted by Gasteiger charge is -2.12. The van der Waals surface area contributed by atoms with Gasteiger partial charge in [-0.05, 0) is 124 Å². The number of aromatic nitrogens is 4. The Morgan fingerprint density at radius 2 is 1.09 bits per heavy atom. The number of para-hydroxylation sites is 2. The summed E-state index contributed by atoms with van der Waals surface area (Å²) in [5.41, 5.74) is 16.0. The first-order chi connectivity index (χ1) is 40.0. The SMILES string of the molecule is CCC\C=c1/ccc2sc(-c3ccccc3)cc2/c1=C(/N=C(\C)c1ccc2c(c1)c1cc(-c3ccc4c(c3)c3c5ccccc5ccc3n4-c3nc(-c4ccccc4)c4ccccc4n3)ccc1n2-c1ccccc1)c1ccccc1. The lowest BCUT2D eigenvalue weighted by Crippen LogP contribution is -2.28. The van der Waals surface area contributed by atoms with Crippen LogP contribution in [0, 0.1) is 0 Å². The molecule has 6 heteroatoms. The van der Waals surface area contributed by atoms with Gasteiger partial charge in [-0.2, -0.15) is 0 Å². The number of benzene rings is 11. The molecule has 0 N–H and O–H groups in total. The molecule has 15 rings (SSSR count). The van der Waals surface area contributed by atoms with Gasteiger partial charge in [0.25, 0.3) is 0 Å². The summed E-state index contributed by atoms with van der Waals surface area (Å²) in [6.45, 7) is 4.42. The summed E-state index contributed by atoms with van der Waals surface area (Å²) in [5, 5.41) is 11.7. The Bertz CT molecular complexity index is 5110. The fourth-order valence-electron chi connectivity index (χ4n) is 12.1. The van der Waals surface area contributed by atoms with Gasteiger partial charge in [0.2, 0.25) is 5.95 Å². The van der Waals surface area contributed by atoms with Crippen molar-refractivity contribution in [3.63, 3.8) is 0 Å². The van der Waals surface area contributed by atoms with Crippen LogP contribution >= 0.6 is 11.3 Å². The molecule has 0 amide bonds. The van der Waals surface area contributed by atoms with Crippen LogP contribution in [0.2, 0.25) is 0 Å².